The lowest BCUT2D eigenvalue weighted by molar-refractivity contribution is -0.139. The van der Waals surface area contributed by atoms with Crippen LogP contribution in [-0.2, 0) is 32.8 Å². The summed E-state index contributed by atoms with van der Waals surface area (Å²) in [4.78, 5) is 27.6. The van der Waals surface area contributed by atoms with E-state index in [2.05, 4.69) is 5.32 Å². The number of nitrogens with one attached hydrogen (secondary N) is 1. The van der Waals surface area contributed by atoms with Gasteiger partial charge in [0.25, 0.3) is 0 Å². The van der Waals surface area contributed by atoms with Crippen LogP contribution in [0.3, 0.4) is 0 Å². The van der Waals surface area contributed by atoms with Gasteiger partial charge in [-0.15, -0.1) is 0 Å². The summed E-state index contributed by atoms with van der Waals surface area (Å²) in [6.45, 7) is 5.00. The van der Waals surface area contributed by atoms with Gasteiger partial charge in [0.2, 0.25) is 21.8 Å². The van der Waals surface area contributed by atoms with E-state index in [0.29, 0.717) is 17.9 Å². The minimum absolute atomic E-state index is 0.00430. The third-order valence-corrected chi connectivity index (χ3v) is 7.06. The van der Waals surface area contributed by atoms with Crippen LogP contribution in [0.5, 0.6) is 5.75 Å². The van der Waals surface area contributed by atoms with Gasteiger partial charge in [0.1, 0.15) is 30.8 Å². The summed E-state index contributed by atoms with van der Waals surface area (Å²) < 4.78 is 45.7. The third-order valence-electron chi connectivity index (χ3n) is 5.92. The van der Waals surface area contributed by atoms with E-state index in [4.69, 9.17) is 4.74 Å². The molecule has 1 atom stereocenters. The molecule has 39 heavy (non-hydrogen) atoms. The van der Waals surface area contributed by atoms with Crippen molar-refractivity contribution >= 4 is 27.5 Å². The second kappa shape index (κ2) is 13.2. The van der Waals surface area contributed by atoms with Crippen LogP contribution in [0.4, 0.5) is 10.1 Å². The molecule has 3 aromatic rings. The quantitative estimate of drug-likeness (QED) is 0.363. The van der Waals surface area contributed by atoms with Crippen molar-refractivity contribution in [1.82, 2.24) is 10.2 Å². The van der Waals surface area contributed by atoms with Gasteiger partial charge in [-0.05, 0) is 68.3 Å². The predicted octanol–water partition coefficient (Wildman–Crippen LogP) is 4.11. The first-order valence-electron chi connectivity index (χ1n) is 12.5. The zero-order chi connectivity index (χ0) is 28.6. The SMILES string of the molecule is CC(C)NC(=O)[C@H](C)N(Cc1ccc(F)cc1)C(=O)CN(c1ccc(OCc2ccccc2)cc1)S(C)(=O)=O. The summed E-state index contributed by atoms with van der Waals surface area (Å²) in [6, 6.07) is 20.5. The number of hydrogen-bond acceptors (Lipinski definition) is 5. The van der Waals surface area contributed by atoms with Crippen LogP contribution in [0.2, 0.25) is 0 Å². The maximum atomic E-state index is 13.5. The molecule has 8 nitrogen and oxygen atoms in total. The van der Waals surface area contributed by atoms with Gasteiger partial charge in [-0.25, -0.2) is 12.8 Å². The Bertz CT molecular complexity index is 1350. The van der Waals surface area contributed by atoms with Gasteiger partial charge in [-0.2, -0.15) is 0 Å². The van der Waals surface area contributed by atoms with Gasteiger partial charge < -0.3 is 15.0 Å². The molecule has 0 aliphatic heterocycles. The average molecular weight is 556 g/mol. The first kappa shape index (κ1) is 29.6. The minimum atomic E-state index is -3.86. The molecule has 0 saturated carbocycles. The Morgan fingerprint density at radius 3 is 2.08 bits per heavy atom. The van der Waals surface area contributed by atoms with E-state index in [-0.39, 0.29) is 24.2 Å². The van der Waals surface area contributed by atoms with Crippen molar-refractivity contribution in [2.24, 2.45) is 0 Å². The fraction of sp³-hybridized carbons (Fsp3) is 0.310. The first-order chi connectivity index (χ1) is 18.4. The normalized spacial score (nSPS) is 12.1. The number of anilines is 1. The molecule has 208 valence electrons. The Morgan fingerprint density at radius 1 is 0.897 bits per heavy atom. The van der Waals surface area contributed by atoms with Crippen LogP contribution in [-0.4, -0.2) is 50.0 Å². The molecule has 1 N–H and O–H groups in total. The number of hydrogen-bond donors (Lipinski definition) is 1. The van der Waals surface area contributed by atoms with Crippen LogP contribution in [0.15, 0.2) is 78.9 Å². The molecule has 0 spiro atoms. The molecule has 0 fully saturated rings. The van der Waals surface area contributed by atoms with Gasteiger partial charge >= 0.3 is 0 Å². The lowest BCUT2D eigenvalue weighted by Crippen LogP contribution is -2.52. The molecule has 3 rings (SSSR count). The Hall–Kier alpha value is -3.92. The average Bonchev–Trinajstić information content (AvgIpc) is 2.89. The summed E-state index contributed by atoms with van der Waals surface area (Å²) in [5.74, 6) is -0.854. The van der Waals surface area contributed by atoms with Crippen molar-refractivity contribution in [3.63, 3.8) is 0 Å². The highest BCUT2D eigenvalue weighted by Gasteiger charge is 2.30. The Kier molecular flexibility index (Phi) is 10.1. The number of carbonyl (C=O) groups is 2. The van der Waals surface area contributed by atoms with Crippen molar-refractivity contribution in [2.45, 2.75) is 46.0 Å². The van der Waals surface area contributed by atoms with Gasteiger partial charge in [-0.1, -0.05) is 42.5 Å². The highest BCUT2D eigenvalue weighted by atomic mass is 32.2. The molecule has 0 heterocycles. The van der Waals surface area contributed by atoms with Crippen LogP contribution in [0.1, 0.15) is 31.9 Å². The highest BCUT2D eigenvalue weighted by molar-refractivity contribution is 7.92. The Labute approximate surface area is 229 Å². The fourth-order valence-electron chi connectivity index (χ4n) is 3.84. The molecule has 3 aromatic carbocycles. The van der Waals surface area contributed by atoms with Gasteiger partial charge in [-0.3, -0.25) is 13.9 Å². The van der Waals surface area contributed by atoms with E-state index in [9.17, 15) is 22.4 Å². The molecule has 0 bridgehead atoms. The van der Waals surface area contributed by atoms with E-state index in [1.165, 1.54) is 29.2 Å². The zero-order valence-electron chi connectivity index (χ0n) is 22.5. The van der Waals surface area contributed by atoms with Crippen LogP contribution in [0.25, 0.3) is 0 Å². The van der Waals surface area contributed by atoms with Crippen LogP contribution < -0.4 is 14.4 Å². The molecule has 2 amide bonds. The molecule has 0 unspecified atom stereocenters. The zero-order valence-corrected chi connectivity index (χ0v) is 23.3. The molecule has 0 radical (unpaired) electrons. The molecular formula is C29H34FN3O5S. The van der Waals surface area contributed by atoms with E-state index in [1.54, 1.807) is 45.0 Å². The number of benzene rings is 3. The first-order valence-corrected chi connectivity index (χ1v) is 14.4. The number of rotatable bonds is 12. The molecular weight excluding hydrogens is 521 g/mol. The summed E-state index contributed by atoms with van der Waals surface area (Å²) in [7, 11) is -3.86. The van der Waals surface area contributed by atoms with Gasteiger partial charge in [0, 0.05) is 12.6 Å². The maximum absolute atomic E-state index is 13.5. The molecule has 0 aromatic heterocycles. The summed E-state index contributed by atoms with van der Waals surface area (Å²) in [5, 5.41) is 2.78. The van der Waals surface area contributed by atoms with Crippen molar-refractivity contribution in [3.8, 4) is 5.75 Å². The van der Waals surface area contributed by atoms with Gasteiger partial charge in [0.15, 0.2) is 0 Å². The lowest BCUT2D eigenvalue weighted by atomic mass is 10.1. The van der Waals surface area contributed by atoms with E-state index < -0.39 is 34.3 Å². The van der Waals surface area contributed by atoms with Crippen molar-refractivity contribution < 1.29 is 27.1 Å². The largest absolute Gasteiger partial charge is 0.489 e. The fourth-order valence-corrected chi connectivity index (χ4v) is 4.69. The van der Waals surface area contributed by atoms with Gasteiger partial charge in [0.05, 0.1) is 11.9 Å². The number of sulfonamides is 1. The van der Waals surface area contributed by atoms with Crippen molar-refractivity contribution in [2.75, 3.05) is 17.1 Å². The number of halogens is 1. The standard InChI is InChI=1S/C29H34FN3O5S/c1-21(2)31-29(35)22(3)32(18-23-10-12-25(30)13-11-23)28(34)19-33(39(4,36)37)26-14-16-27(17-15-26)38-20-24-8-6-5-7-9-24/h5-17,21-22H,18-20H2,1-4H3,(H,31,35)/t22-/m0/s1. The van der Waals surface area contributed by atoms with E-state index in [0.717, 1.165) is 16.1 Å². The maximum Gasteiger partial charge on any atom is 0.244 e. The monoisotopic (exact) mass is 555 g/mol. The van der Waals surface area contributed by atoms with E-state index in [1.807, 2.05) is 30.3 Å². The smallest absolute Gasteiger partial charge is 0.244 e. The van der Waals surface area contributed by atoms with Crippen molar-refractivity contribution in [1.29, 1.82) is 0 Å². The summed E-state index contributed by atoms with van der Waals surface area (Å²) >= 11 is 0. The van der Waals surface area contributed by atoms with Crippen LogP contribution >= 0.6 is 0 Å². The topological polar surface area (TPSA) is 96.0 Å². The molecule has 0 aliphatic carbocycles. The minimum Gasteiger partial charge on any atom is -0.489 e. The number of ether oxygens (including phenoxy) is 1. The molecule has 10 heteroatoms. The Balaban J connectivity index is 1.81. The molecule has 0 aliphatic rings. The number of carbonyl (C=O) groups excluding carboxylic acids is 2. The third kappa shape index (κ3) is 8.81. The summed E-state index contributed by atoms with van der Waals surface area (Å²) in [5.41, 5.74) is 1.86. The molecule has 0 saturated heterocycles. The predicted molar refractivity (Wildman–Crippen MR) is 149 cm³/mol. The second-order valence-electron chi connectivity index (χ2n) is 9.53. The Morgan fingerprint density at radius 2 is 1.51 bits per heavy atom. The van der Waals surface area contributed by atoms with E-state index >= 15 is 0 Å². The second-order valence-corrected chi connectivity index (χ2v) is 11.4. The van der Waals surface area contributed by atoms with Crippen LogP contribution in [0, 0.1) is 5.82 Å². The highest BCUT2D eigenvalue weighted by Crippen LogP contribution is 2.23. The number of nitrogens with zero attached hydrogens (tertiary/aromatic N) is 2. The lowest BCUT2D eigenvalue weighted by Gasteiger charge is -2.32. The van der Waals surface area contributed by atoms with Crippen molar-refractivity contribution in [3.05, 3.63) is 95.8 Å². The summed E-state index contributed by atoms with van der Waals surface area (Å²) in [6.07, 6.45) is 1.01. The number of amides is 2.